The lowest BCUT2D eigenvalue weighted by atomic mass is 10.1. The van der Waals surface area contributed by atoms with E-state index in [9.17, 15) is 18.0 Å². The summed E-state index contributed by atoms with van der Waals surface area (Å²) in [6.45, 7) is 2.67. The molecule has 0 bridgehead atoms. The third-order valence-electron chi connectivity index (χ3n) is 3.48. The highest BCUT2D eigenvalue weighted by Crippen LogP contribution is 2.29. The van der Waals surface area contributed by atoms with Gasteiger partial charge in [-0.3, -0.25) is 4.79 Å². The van der Waals surface area contributed by atoms with Crippen LogP contribution in [0.3, 0.4) is 0 Å². The first-order chi connectivity index (χ1) is 12.4. The summed E-state index contributed by atoms with van der Waals surface area (Å²) in [5.74, 6) is 1.05. The zero-order valence-electron chi connectivity index (χ0n) is 14.3. The minimum Gasteiger partial charge on any atom is -0.494 e. The zero-order valence-corrected chi connectivity index (χ0v) is 14.3. The smallest absolute Gasteiger partial charge is 0.416 e. The van der Waals surface area contributed by atoms with E-state index in [1.807, 2.05) is 6.92 Å². The van der Waals surface area contributed by atoms with Crippen LogP contribution in [0.5, 0.6) is 11.5 Å². The molecule has 0 aliphatic carbocycles. The monoisotopic (exact) mass is 367 g/mol. The second-order valence-corrected chi connectivity index (χ2v) is 5.48. The molecule has 0 radical (unpaired) electrons. The SMILES string of the molecule is CCOc1ccc(OCCC(=O)NCc2cccc(C(F)(F)F)c2)cc1. The van der Waals surface area contributed by atoms with E-state index < -0.39 is 11.7 Å². The highest BCUT2D eigenvalue weighted by Gasteiger charge is 2.30. The van der Waals surface area contributed by atoms with Crippen molar-refractivity contribution in [1.82, 2.24) is 5.32 Å². The van der Waals surface area contributed by atoms with Gasteiger partial charge in [0, 0.05) is 6.54 Å². The van der Waals surface area contributed by atoms with E-state index >= 15 is 0 Å². The summed E-state index contributed by atoms with van der Waals surface area (Å²) in [5, 5.41) is 2.58. The summed E-state index contributed by atoms with van der Waals surface area (Å²) < 4.78 is 48.7. The molecule has 0 aromatic heterocycles. The maximum absolute atomic E-state index is 12.7. The number of ether oxygens (including phenoxy) is 2. The standard InChI is InChI=1S/C19H20F3NO3/c1-2-25-16-6-8-17(9-7-16)26-11-10-18(24)23-13-14-4-3-5-15(12-14)19(20,21)22/h3-9,12H,2,10-11,13H2,1H3,(H,23,24). The third-order valence-corrected chi connectivity index (χ3v) is 3.48. The molecule has 0 aliphatic rings. The van der Waals surface area contributed by atoms with Crippen LogP contribution >= 0.6 is 0 Å². The molecule has 0 heterocycles. The van der Waals surface area contributed by atoms with Gasteiger partial charge in [-0.05, 0) is 48.9 Å². The molecule has 7 heteroatoms. The van der Waals surface area contributed by atoms with Crippen LogP contribution in [0.25, 0.3) is 0 Å². The van der Waals surface area contributed by atoms with Gasteiger partial charge in [-0.15, -0.1) is 0 Å². The van der Waals surface area contributed by atoms with E-state index in [-0.39, 0.29) is 25.5 Å². The fourth-order valence-electron chi connectivity index (χ4n) is 2.21. The number of benzene rings is 2. The van der Waals surface area contributed by atoms with Gasteiger partial charge in [-0.1, -0.05) is 12.1 Å². The minimum absolute atomic E-state index is 0.0335. The predicted octanol–water partition coefficient (Wildman–Crippen LogP) is 4.19. The van der Waals surface area contributed by atoms with Gasteiger partial charge in [0.05, 0.1) is 25.2 Å². The molecule has 0 unspecified atom stereocenters. The molecule has 1 N–H and O–H groups in total. The maximum Gasteiger partial charge on any atom is 0.416 e. The Kier molecular flexibility index (Phi) is 6.89. The van der Waals surface area contributed by atoms with Gasteiger partial charge in [0.1, 0.15) is 11.5 Å². The first kappa shape index (κ1) is 19.6. The largest absolute Gasteiger partial charge is 0.494 e. The lowest BCUT2D eigenvalue weighted by Crippen LogP contribution is -2.24. The van der Waals surface area contributed by atoms with Gasteiger partial charge in [0.15, 0.2) is 0 Å². The number of halogens is 3. The van der Waals surface area contributed by atoms with Crippen LogP contribution in [0.4, 0.5) is 13.2 Å². The van der Waals surface area contributed by atoms with Gasteiger partial charge in [-0.25, -0.2) is 0 Å². The molecule has 0 saturated heterocycles. The van der Waals surface area contributed by atoms with Crippen molar-refractivity contribution in [1.29, 1.82) is 0 Å². The molecule has 0 saturated carbocycles. The average molecular weight is 367 g/mol. The Balaban J connectivity index is 1.74. The Labute approximate surface area is 149 Å². The van der Waals surface area contributed by atoms with Crippen LogP contribution < -0.4 is 14.8 Å². The molecule has 4 nitrogen and oxygen atoms in total. The van der Waals surface area contributed by atoms with Crippen LogP contribution in [0.1, 0.15) is 24.5 Å². The molecule has 2 aromatic rings. The lowest BCUT2D eigenvalue weighted by molar-refractivity contribution is -0.137. The minimum atomic E-state index is -4.40. The third kappa shape index (κ3) is 6.31. The molecule has 1 amide bonds. The number of carbonyl (C=O) groups excluding carboxylic acids is 1. The molecule has 140 valence electrons. The fourth-order valence-corrected chi connectivity index (χ4v) is 2.21. The van der Waals surface area contributed by atoms with E-state index in [0.717, 1.165) is 17.9 Å². The zero-order chi connectivity index (χ0) is 19.0. The molecular formula is C19H20F3NO3. The van der Waals surface area contributed by atoms with Crippen LogP contribution in [-0.2, 0) is 17.5 Å². The number of amides is 1. The molecule has 0 atom stereocenters. The van der Waals surface area contributed by atoms with Gasteiger partial charge >= 0.3 is 6.18 Å². The Morgan fingerprint density at radius 1 is 1.04 bits per heavy atom. The van der Waals surface area contributed by atoms with Crippen molar-refractivity contribution < 1.29 is 27.4 Å². The molecule has 2 aromatic carbocycles. The van der Waals surface area contributed by atoms with E-state index in [1.165, 1.54) is 12.1 Å². The summed E-state index contributed by atoms with van der Waals surface area (Å²) in [6, 6.07) is 11.9. The van der Waals surface area contributed by atoms with Crippen molar-refractivity contribution >= 4 is 5.91 Å². The van der Waals surface area contributed by atoms with Gasteiger partial charge < -0.3 is 14.8 Å². The second-order valence-electron chi connectivity index (χ2n) is 5.48. The Bertz CT molecular complexity index is 715. The quantitative estimate of drug-likeness (QED) is 0.761. The van der Waals surface area contributed by atoms with E-state index in [0.29, 0.717) is 17.9 Å². The Hall–Kier alpha value is -2.70. The van der Waals surface area contributed by atoms with E-state index in [1.54, 1.807) is 24.3 Å². The molecule has 2 rings (SSSR count). The van der Waals surface area contributed by atoms with Gasteiger partial charge in [0.25, 0.3) is 0 Å². The van der Waals surface area contributed by atoms with Crippen molar-refractivity contribution in [2.75, 3.05) is 13.2 Å². The summed E-state index contributed by atoms with van der Waals surface area (Å²) in [7, 11) is 0. The average Bonchev–Trinajstić information content (AvgIpc) is 2.61. The normalized spacial score (nSPS) is 11.1. The summed E-state index contributed by atoms with van der Waals surface area (Å²) in [4.78, 5) is 11.8. The van der Waals surface area contributed by atoms with Crippen molar-refractivity contribution in [3.63, 3.8) is 0 Å². The number of hydrogen-bond acceptors (Lipinski definition) is 3. The summed E-state index contributed by atoms with van der Waals surface area (Å²) in [6.07, 6.45) is -4.29. The number of rotatable bonds is 8. The molecule has 0 aliphatic heterocycles. The van der Waals surface area contributed by atoms with Crippen molar-refractivity contribution in [3.8, 4) is 11.5 Å². The van der Waals surface area contributed by atoms with Gasteiger partial charge in [0.2, 0.25) is 5.91 Å². The Morgan fingerprint density at radius 2 is 1.69 bits per heavy atom. The Morgan fingerprint density at radius 3 is 2.31 bits per heavy atom. The van der Waals surface area contributed by atoms with E-state index in [2.05, 4.69) is 5.32 Å². The molecule has 0 fully saturated rings. The van der Waals surface area contributed by atoms with Crippen molar-refractivity contribution in [2.45, 2.75) is 26.1 Å². The van der Waals surface area contributed by atoms with Gasteiger partial charge in [-0.2, -0.15) is 13.2 Å². The fraction of sp³-hybridized carbons (Fsp3) is 0.316. The molecule has 0 spiro atoms. The number of alkyl halides is 3. The molecule has 26 heavy (non-hydrogen) atoms. The maximum atomic E-state index is 12.7. The number of hydrogen-bond donors (Lipinski definition) is 1. The topological polar surface area (TPSA) is 47.6 Å². The van der Waals surface area contributed by atoms with Crippen molar-refractivity contribution in [2.24, 2.45) is 0 Å². The second kappa shape index (κ2) is 9.12. The van der Waals surface area contributed by atoms with Crippen LogP contribution in [0.15, 0.2) is 48.5 Å². The summed E-state index contributed by atoms with van der Waals surface area (Å²) >= 11 is 0. The number of nitrogens with one attached hydrogen (secondary N) is 1. The molecular weight excluding hydrogens is 347 g/mol. The van der Waals surface area contributed by atoms with Crippen LogP contribution in [0, 0.1) is 0 Å². The first-order valence-corrected chi connectivity index (χ1v) is 8.17. The van der Waals surface area contributed by atoms with Crippen molar-refractivity contribution in [3.05, 3.63) is 59.7 Å². The predicted molar refractivity (Wildman–Crippen MR) is 91.0 cm³/mol. The van der Waals surface area contributed by atoms with Crippen LogP contribution in [0.2, 0.25) is 0 Å². The van der Waals surface area contributed by atoms with E-state index in [4.69, 9.17) is 9.47 Å². The summed E-state index contributed by atoms with van der Waals surface area (Å²) in [5.41, 5.74) is -0.344. The lowest BCUT2D eigenvalue weighted by Gasteiger charge is -2.10. The highest BCUT2D eigenvalue weighted by atomic mass is 19.4. The number of carbonyl (C=O) groups is 1. The van der Waals surface area contributed by atoms with Crippen LogP contribution in [-0.4, -0.2) is 19.1 Å². The first-order valence-electron chi connectivity index (χ1n) is 8.17. The highest BCUT2D eigenvalue weighted by molar-refractivity contribution is 5.76.